The van der Waals surface area contributed by atoms with Crippen LogP contribution in [0.2, 0.25) is 0 Å². The van der Waals surface area contributed by atoms with Gasteiger partial charge in [-0.15, -0.1) is 0 Å². The molecule has 2 aliphatic rings. The van der Waals surface area contributed by atoms with Gasteiger partial charge in [-0.1, -0.05) is 6.92 Å². The van der Waals surface area contributed by atoms with Crippen LogP contribution in [-0.2, 0) is 9.53 Å². The molecule has 2 atom stereocenters. The van der Waals surface area contributed by atoms with Crippen LogP contribution >= 0.6 is 0 Å². The molecule has 2 rings (SSSR count). The fraction of sp³-hybridized carbons (Fsp3) is 0.850. The predicted octanol–water partition coefficient (Wildman–Crippen LogP) is 6.02. The minimum absolute atomic E-state index is 0.134. The highest BCUT2D eigenvalue weighted by molar-refractivity contribution is 5.75. The van der Waals surface area contributed by atoms with E-state index in [1.54, 1.807) is 0 Å². The molecule has 2 unspecified atom stereocenters. The third-order valence-electron chi connectivity index (χ3n) is 6.58. The number of alkyl halides is 12. The van der Waals surface area contributed by atoms with Crippen LogP contribution in [0.15, 0.2) is 11.1 Å². The molecule has 212 valence electrons. The van der Waals surface area contributed by atoms with E-state index in [4.69, 9.17) is 0 Å². The maximum atomic E-state index is 13.1. The average molecular weight is 556 g/mol. The van der Waals surface area contributed by atoms with Crippen molar-refractivity contribution in [3.05, 3.63) is 11.1 Å². The Morgan fingerprint density at radius 1 is 0.750 bits per heavy atom. The summed E-state index contributed by atoms with van der Waals surface area (Å²) in [6.45, 7) is 5.72. The SMILES string of the molecule is CCC(C)(C)C(=O)OC.OC(C1=C(C(O)(C(F)(F)F)C(F)(F)F)C2CCC1C2)(C(F)(F)F)C(F)(F)F. The Hall–Kier alpha value is -1.71. The van der Waals surface area contributed by atoms with Crippen molar-refractivity contribution >= 4 is 5.97 Å². The molecule has 0 spiro atoms. The lowest BCUT2D eigenvalue weighted by Gasteiger charge is -2.42. The highest BCUT2D eigenvalue weighted by Crippen LogP contribution is 2.64. The zero-order valence-corrected chi connectivity index (χ0v) is 19.2. The number of rotatable bonds is 4. The van der Waals surface area contributed by atoms with Crippen LogP contribution in [0.5, 0.6) is 0 Å². The third kappa shape index (κ3) is 5.16. The van der Waals surface area contributed by atoms with Gasteiger partial charge >= 0.3 is 30.7 Å². The zero-order chi connectivity index (χ0) is 28.9. The molecule has 0 saturated heterocycles. The lowest BCUT2D eigenvalue weighted by atomic mass is 9.73. The third-order valence-corrected chi connectivity index (χ3v) is 6.58. The van der Waals surface area contributed by atoms with Crippen LogP contribution in [0, 0.1) is 17.3 Å². The quantitative estimate of drug-likeness (QED) is 0.253. The van der Waals surface area contributed by atoms with Gasteiger partial charge in [-0.25, -0.2) is 0 Å². The number of esters is 1. The standard InChI is InChI=1S/C13H10F12O2.C7H14O2/c14-10(15,16)8(26,11(17,18)19)6-4-1-2-5(3-4)7(6)9(27,12(20,21)22)13(23,24)25;1-5-7(2,3)6(8)9-4/h4-5,26-27H,1-3H2;5H2,1-4H3. The smallest absolute Gasteiger partial charge is 0.430 e. The molecule has 36 heavy (non-hydrogen) atoms. The topological polar surface area (TPSA) is 66.8 Å². The Kier molecular flexibility index (Phi) is 8.57. The molecule has 0 aliphatic heterocycles. The summed E-state index contributed by atoms with van der Waals surface area (Å²) in [5.74, 6) is -4.23. The van der Waals surface area contributed by atoms with Gasteiger partial charge in [-0.2, -0.15) is 52.7 Å². The Bertz CT molecular complexity index is 767. The minimum atomic E-state index is -6.67. The Morgan fingerprint density at radius 2 is 1.03 bits per heavy atom. The molecular formula is C20H24F12O4. The first-order valence-electron chi connectivity index (χ1n) is 10.3. The van der Waals surface area contributed by atoms with Crippen molar-refractivity contribution in [2.45, 2.75) is 82.4 Å². The molecule has 1 fully saturated rings. The Morgan fingerprint density at radius 3 is 1.19 bits per heavy atom. The maximum Gasteiger partial charge on any atom is 0.430 e. The molecule has 0 aromatic heterocycles. The Balaban J connectivity index is 0.000000613. The van der Waals surface area contributed by atoms with Crippen molar-refractivity contribution in [2.24, 2.45) is 17.3 Å². The summed E-state index contributed by atoms with van der Waals surface area (Å²) in [4.78, 5) is 10.8. The minimum Gasteiger partial charge on any atom is -0.469 e. The van der Waals surface area contributed by atoms with E-state index in [1.807, 2.05) is 20.8 Å². The second kappa shape index (κ2) is 9.55. The molecule has 0 heterocycles. The highest BCUT2D eigenvalue weighted by Gasteiger charge is 2.80. The van der Waals surface area contributed by atoms with Gasteiger partial charge in [0, 0.05) is 0 Å². The van der Waals surface area contributed by atoms with Gasteiger partial charge in [0.15, 0.2) is 0 Å². The summed E-state index contributed by atoms with van der Waals surface area (Å²) in [6, 6.07) is 0. The van der Waals surface area contributed by atoms with Gasteiger partial charge in [-0.05, 0) is 62.5 Å². The summed E-state index contributed by atoms with van der Waals surface area (Å²) < 4.78 is 162. The van der Waals surface area contributed by atoms with Gasteiger partial charge in [-0.3, -0.25) is 4.79 Å². The van der Waals surface area contributed by atoms with E-state index in [0.717, 1.165) is 6.42 Å². The Labute approximate surface area is 197 Å². The number of ether oxygens (including phenoxy) is 1. The number of aliphatic hydroxyl groups is 2. The van der Waals surface area contributed by atoms with Crippen LogP contribution < -0.4 is 0 Å². The number of hydrogen-bond donors (Lipinski definition) is 2. The first kappa shape index (κ1) is 32.3. The summed E-state index contributed by atoms with van der Waals surface area (Å²) in [7, 11) is 1.42. The molecule has 0 amide bonds. The van der Waals surface area contributed by atoms with Crippen molar-refractivity contribution < 1.29 is 72.4 Å². The molecule has 0 aromatic rings. The monoisotopic (exact) mass is 556 g/mol. The number of methoxy groups -OCH3 is 1. The van der Waals surface area contributed by atoms with E-state index < -0.39 is 78.2 Å². The molecule has 1 saturated carbocycles. The van der Waals surface area contributed by atoms with Gasteiger partial charge in [0.1, 0.15) is 0 Å². The highest BCUT2D eigenvalue weighted by atomic mass is 19.4. The second-order valence-corrected chi connectivity index (χ2v) is 9.18. The first-order valence-corrected chi connectivity index (χ1v) is 10.3. The van der Waals surface area contributed by atoms with Crippen LogP contribution in [0.1, 0.15) is 46.5 Å². The molecule has 2 aliphatic carbocycles. The van der Waals surface area contributed by atoms with E-state index >= 15 is 0 Å². The molecule has 2 bridgehead atoms. The average Bonchev–Trinajstić information content (AvgIpc) is 3.30. The summed E-state index contributed by atoms with van der Waals surface area (Å²) in [6.07, 6.45) is -28.0. The van der Waals surface area contributed by atoms with Crippen molar-refractivity contribution in [2.75, 3.05) is 7.11 Å². The fourth-order valence-corrected chi connectivity index (χ4v) is 4.28. The van der Waals surface area contributed by atoms with Crippen LogP contribution in [0.4, 0.5) is 52.7 Å². The maximum absolute atomic E-state index is 13.1. The molecular weight excluding hydrogens is 532 g/mol. The first-order chi connectivity index (χ1) is 15.8. The zero-order valence-electron chi connectivity index (χ0n) is 19.2. The number of fused-ring (bicyclic) bond motifs is 2. The normalized spacial score (nSPS) is 21.9. The van der Waals surface area contributed by atoms with Gasteiger partial charge in [0.25, 0.3) is 11.2 Å². The van der Waals surface area contributed by atoms with Gasteiger partial charge < -0.3 is 14.9 Å². The summed E-state index contributed by atoms with van der Waals surface area (Å²) in [5.41, 5.74) is -17.3. The van der Waals surface area contributed by atoms with E-state index in [0.29, 0.717) is 0 Å². The number of carbonyl (C=O) groups is 1. The summed E-state index contributed by atoms with van der Waals surface area (Å²) in [5, 5.41) is 18.8. The molecule has 0 aromatic carbocycles. The molecule has 0 radical (unpaired) electrons. The van der Waals surface area contributed by atoms with Crippen molar-refractivity contribution in [3.8, 4) is 0 Å². The van der Waals surface area contributed by atoms with Crippen LogP contribution in [0.25, 0.3) is 0 Å². The van der Waals surface area contributed by atoms with Crippen LogP contribution in [0.3, 0.4) is 0 Å². The molecule has 4 nitrogen and oxygen atoms in total. The van der Waals surface area contributed by atoms with E-state index in [9.17, 15) is 67.7 Å². The predicted molar refractivity (Wildman–Crippen MR) is 98.1 cm³/mol. The van der Waals surface area contributed by atoms with Crippen molar-refractivity contribution in [1.29, 1.82) is 0 Å². The second-order valence-electron chi connectivity index (χ2n) is 9.18. The van der Waals surface area contributed by atoms with E-state index in [1.165, 1.54) is 7.11 Å². The van der Waals surface area contributed by atoms with Crippen LogP contribution in [-0.4, -0.2) is 59.2 Å². The van der Waals surface area contributed by atoms with Gasteiger partial charge in [0.2, 0.25) is 0 Å². The molecule has 2 N–H and O–H groups in total. The number of halogens is 12. The van der Waals surface area contributed by atoms with E-state index in [-0.39, 0.29) is 11.4 Å². The molecule has 16 heteroatoms. The lowest BCUT2D eigenvalue weighted by Crippen LogP contribution is -2.63. The summed E-state index contributed by atoms with van der Waals surface area (Å²) >= 11 is 0. The van der Waals surface area contributed by atoms with Gasteiger partial charge in [0.05, 0.1) is 12.5 Å². The largest absolute Gasteiger partial charge is 0.469 e. The van der Waals surface area contributed by atoms with E-state index in [2.05, 4.69) is 4.74 Å². The number of hydrogen-bond acceptors (Lipinski definition) is 4. The van der Waals surface area contributed by atoms with Crippen molar-refractivity contribution in [1.82, 2.24) is 0 Å². The van der Waals surface area contributed by atoms with Crippen molar-refractivity contribution in [3.63, 3.8) is 0 Å². The fourth-order valence-electron chi connectivity index (χ4n) is 4.28. The number of carbonyl (C=O) groups excluding carboxylic acids is 1. The lowest BCUT2D eigenvalue weighted by molar-refractivity contribution is -0.364.